The SMILES string of the molecule is CCCCCC(C)C(=O)NS(=O)[O-]. The van der Waals surface area contributed by atoms with Crippen LogP contribution in [-0.4, -0.2) is 14.7 Å². The molecule has 2 atom stereocenters. The molecule has 1 amide bonds. The molecule has 0 bridgehead atoms. The van der Waals surface area contributed by atoms with Gasteiger partial charge in [-0.1, -0.05) is 33.1 Å². The highest BCUT2D eigenvalue weighted by Gasteiger charge is 2.11. The van der Waals surface area contributed by atoms with Crippen molar-refractivity contribution in [1.29, 1.82) is 0 Å². The van der Waals surface area contributed by atoms with Gasteiger partial charge in [-0.25, -0.2) is 0 Å². The molecule has 0 rings (SSSR count). The first-order valence-corrected chi connectivity index (χ1v) is 5.55. The van der Waals surface area contributed by atoms with Gasteiger partial charge in [0, 0.05) is 17.2 Å². The molecule has 0 aliphatic carbocycles. The topological polar surface area (TPSA) is 69.2 Å². The summed E-state index contributed by atoms with van der Waals surface area (Å²) in [6.45, 7) is 3.81. The lowest BCUT2D eigenvalue weighted by Crippen LogP contribution is -2.30. The Morgan fingerprint density at radius 2 is 2.15 bits per heavy atom. The van der Waals surface area contributed by atoms with Crippen LogP contribution >= 0.6 is 0 Å². The van der Waals surface area contributed by atoms with E-state index in [0.717, 1.165) is 25.7 Å². The van der Waals surface area contributed by atoms with E-state index in [4.69, 9.17) is 0 Å². The minimum atomic E-state index is -2.47. The Hall–Kier alpha value is -0.420. The van der Waals surface area contributed by atoms with Crippen LogP contribution in [0.1, 0.15) is 39.5 Å². The first-order valence-electron chi connectivity index (χ1n) is 4.47. The lowest BCUT2D eigenvalue weighted by molar-refractivity contribution is -0.122. The van der Waals surface area contributed by atoms with E-state index in [-0.39, 0.29) is 5.92 Å². The van der Waals surface area contributed by atoms with E-state index >= 15 is 0 Å². The number of carbonyl (C=O) groups excluding carboxylic acids is 1. The number of hydrogen-bond acceptors (Lipinski definition) is 3. The predicted molar refractivity (Wildman–Crippen MR) is 50.4 cm³/mol. The van der Waals surface area contributed by atoms with E-state index in [0.29, 0.717) is 0 Å². The Kier molecular flexibility index (Phi) is 6.80. The second-order valence-corrected chi connectivity index (χ2v) is 3.77. The highest BCUT2D eigenvalue weighted by molar-refractivity contribution is 7.77. The average molecular weight is 206 g/mol. The average Bonchev–Trinajstić information content (AvgIpc) is 2.03. The van der Waals surface area contributed by atoms with Crippen LogP contribution in [0.5, 0.6) is 0 Å². The van der Waals surface area contributed by atoms with E-state index in [1.807, 2.05) is 4.72 Å². The fraction of sp³-hybridized carbons (Fsp3) is 0.875. The van der Waals surface area contributed by atoms with Gasteiger partial charge in [0.05, 0.1) is 0 Å². The molecule has 1 N–H and O–H groups in total. The molecule has 0 aliphatic rings. The maximum atomic E-state index is 11.0. The van der Waals surface area contributed by atoms with E-state index in [9.17, 15) is 13.6 Å². The summed E-state index contributed by atoms with van der Waals surface area (Å²) >= 11 is -2.47. The Bertz CT molecular complexity index is 184. The fourth-order valence-electron chi connectivity index (χ4n) is 1.01. The van der Waals surface area contributed by atoms with Crippen LogP contribution < -0.4 is 4.72 Å². The smallest absolute Gasteiger partial charge is 0.233 e. The molecule has 0 saturated heterocycles. The summed E-state index contributed by atoms with van der Waals surface area (Å²) < 4.78 is 22.1. The first kappa shape index (κ1) is 12.6. The zero-order valence-electron chi connectivity index (χ0n) is 8.04. The Morgan fingerprint density at radius 1 is 1.54 bits per heavy atom. The van der Waals surface area contributed by atoms with E-state index < -0.39 is 17.2 Å². The maximum Gasteiger partial charge on any atom is 0.233 e. The molecule has 0 saturated carbocycles. The van der Waals surface area contributed by atoms with Crippen molar-refractivity contribution >= 4 is 17.2 Å². The van der Waals surface area contributed by atoms with Gasteiger partial charge in [0.15, 0.2) is 0 Å². The lowest BCUT2D eigenvalue weighted by Gasteiger charge is -2.12. The van der Waals surface area contributed by atoms with Gasteiger partial charge < -0.3 is 4.55 Å². The van der Waals surface area contributed by atoms with E-state index in [2.05, 4.69) is 6.92 Å². The zero-order chi connectivity index (χ0) is 10.3. The van der Waals surface area contributed by atoms with Crippen LogP contribution in [0.2, 0.25) is 0 Å². The normalized spacial score (nSPS) is 15.0. The van der Waals surface area contributed by atoms with Crippen LogP contribution in [0, 0.1) is 5.92 Å². The summed E-state index contributed by atoms with van der Waals surface area (Å²) in [5.41, 5.74) is 0. The van der Waals surface area contributed by atoms with Crippen molar-refractivity contribution in [2.75, 3.05) is 0 Å². The van der Waals surface area contributed by atoms with Crippen molar-refractivity contribution in [3.8, 4) is 0 Å². The molecule has 5 heteroatoms. The molecule has 0 aromatic carbocycles. The number of unbranched alkanes of at least 4 members (excludes halogenated alkanes) is 2. The number of hydrogen-bond donors (Lipinski definition) is 1. The molecule has 0 aromatic heterocycles. The Balaban J connectivity index is 3.63. The number of rotatable bonds is 6. The highest BCUT2D eigenvalue weighted by Crippen LogP contribution is 2.08. The van der Waals surface area contributed by atoms with Crippen LogP contribution in [0.25, 0.3) is 0 Å². The molecule has 0 aliphatic heterocycles. The highest BCUT2D eigenvalue weighted by atomic mass is 32.2. The second kappa shape index (κ2) is 7.03. The molecule has 13 heavy (non-hydrogen) atoms. The summed E-state index contributed by atoms with van der Waals surface area (Å²) in [5, 5.41) is 0. The molecule has 2 unspecified atom stereocenters. The van der Waals surface area contributed by atoms with Gasteiger partial charge in [-0.3, -0.25) is 13.7 Å². The lowest BCUT2D eigenvalue weighted by atomic mass is 10.0. The third-order valence-electron chi connectivity index (χ3n) is 1.87. The minimum absolute atomic E-state index is 0.218. The van der Waals surface area contributed by atoms with Gasteiger partial charge in [-0.05, 0) is 6.42 Å². The standard InChI is InChI=1S/C8H17NO3S/c1-3-4-5-6-7(2)8(10)9-13(11)12/h7H,3-6H2,1-2H3,(H,9,10)(H,11,12)/p-1. The maximum absolute atomic E-state index is 11.0. The van der Waals surface area contributed by atoms with Crippen molar-refractivity contribution in [2.45, 2.75) is 39.5 Å². The van der Waals surface area contributed by atoms with Gasteiger partial charge in [-0.15, -0.1) is 0 Å². The molecule has 0 fully saturated rings. The van der Waals surface area contributed by atoms with Crippen molar-refractivity contribution in [1.82, 2.24) is 4.72 Å². The summed E-state index contributed by atoms with van der Waals surface area (Å²) in [4.78, 5) is 11.0. The molecule has 0 radical (unpaired) electrons. The third kappa shape index (κ3) is 6.72. The van der Waals surface area contributed by atoms with Gasteiger partial charge >= 0.3 is 0 Å². The third-order valence-corrected chi connectivity index (χ3v) is 2.24. The van der Waals surface area contributed by atoms with Crippen molar-refractivity contribution in [3.05, 3.63) is 0 Å². The number of carbonyl (C=O) groups is 1. The number of amides is 1. The molecule has 4 nitrogen and oxygen atoms in total. The molecule has 0 spiro atoms. The molecule has 78 valence electrons. The second-order valence-electron chi connectivity index (χ2n) is 3.10. The Morgan fingerprint density at radius 3 is 2.62 bits per heavy atom. The summed E-state index contributed by atoms with van der Waals surface area (Å²) in [6, 6.07) is 0. The monoisotopic (exact) mass is 206 g/mol. The van der Waals surface area contributed by atoms with Crippen LogP contribution in [0.4, 0.5) is 0 Å². The van der Waals surface area contributed by atoms with Gasteiger partial charge in [0.2, 0.25) is 5.91 Å². The van der Waals surface area contributed by atoms with Gasteiger partial charge in [0.25, 0.3) is 0 Å². The first-order chi connectivity index (χ1) is 6.07. The van der Waals surface area contributed by atoms with E-state index in [1.54, 1.807) is 6.92 Å². The quantitative estimate of drug-likeness (QED) is 0.523. The summed E-state index contributed by atoms with van der Waals surface area (Å²) in [5.74, 6) is -0.631. The van der Waals surface area contributed by atoms with Gasteiger partial charge in [0.1, 0.15) is 0 Å². The van der Waals surface area contributed by atoms with Crippen LogP contribution in [0.15, 0.2) is 0 Å². The van der Waals surface area contributed by atoms with Crippen LogP contribution in [0.3, 0.4) is 0 Å². The summed E-state index contributed by atoms with van der Waals surface area (Å²) in [7, 11) is 0. The largest absolute Gasteiger partial charge is 0.755 e. The molecule has 0 aromatic rings. The summed E-state index contributed by atoms with van der Waals surface area (Å²) in [6.07, 6.45) is 3.90. The molecular formula is C8H16NO3S-. The predicted octanol–water partition coefficient (Wildman–Crippen LogP) is 1.11. The van der Waals surface area contributed by atoms with Crippen molar-refractivity contribution < 1.29 is 13.6 Å². The molecular weight excluding hydrogens is 190 g/mol. The fourth-order valence-corrected chi connectivity index (χ4v) is 1.38. The van der Waals surface area contributed by atoms with Crippen molar-refractivity contribution in [3.63, 3.8) is 0 Å². The van der Waals surface area contributed by atoms with Crippen LogP contribution in [-0.2, 0) is 16.1 Å². The van der Waals surface area contributed by atoms with Gasteiger partial charge in [-0.2, -0.15) is 0 Å². The molecule has 0 heterocycles. The Labute approximate surface area is 81.5 Å². The minimum Gasteiger partial charge on any atom is -0.755 e. The zero-order valence-corrected chi connectivity index (χ0v) is 8.86. The van der Waals surface area contributed by atoms with E-state index in [1.165, 1.54) is 0 Å². The number of nitrogens with one attached hydrogen (secondary N) is 1. The van der Waals surface area contributed by atoms with Crippen molar-refractivity contribution in [2.24, 2.45) is 5.92 Å².